The molecule has 1 aliphatic heterocycles. The first-order valence-corrected chi connectivity index (χ1v) is 7.82. The molecule has 0 bridgehead atoms. The Labute approximate surface area is 114 Å². The van der Waals surface area contributed by atoms with E-state index in [1.54, 1.807) is 12.1 Å². The third-order valence-electron chi connectivity index (χ3n) is 2.57. The van der Waals surface area contributed by atoms with E-state index in [0.29, 0.717) is 6.54 Å². The lowest BCUT2D eigenvalue weighted by molar-refractivity contribution is 0.560. The Morgan fingerprint density at radius 2 is 2.24 bits per heavy atom. The van der Waals surface area contributed by atoms with Crippen LogP contribution < -0.4 is 10.0 Å². The summed E-state index contributed by atoms with van der Waals surface area (Å²) >= 11 is 9.18. The fourth-order valence-electron chi connectivity index (χ4n) is 1.73. The van der Waals surface area contributed by atoms with Crippen molar-refractivity contribution in [3.05, 3.63) is 27.7 Å². The fourth-order valence-corrected chi connectivity index (χ4v) is 4.04. The molecule has 0 spiro atoms. The predicted octanol–water partition coefficient (Wildman–Crippen LogP) is 1.74. The van der Waals surface area contributed by atoms with Crippen LogP contribution in [0, 0.1) is 0 Å². The zero-order valence-corrected chi connectivity index (χ0v) is 12.1. The molecule has 0 aliphatic carbocycles. The Hall–Kier alpha value is -0.140. The average Bonchev–Trinajstić information content (AvgIpc) is 2.68. The average molecular weight is 340 g/mol. The molecule has 7 heteroatoms. The molecule has 2 N–H and O–H groups in total. The van der Waals surface area contributed by atoms with Gasteiger partial charge in [0.1, 0.15) is 4.90 Å². The number of halogens is 2. The van der Waals surface area contributed by atoms with E-state index >= 15 is 0 Å². The first-order chi connectivity index (χ1) is 7.99. The lowest BCUT2D eigenvalue weighted by Gasteiger charge is -2.13. The van der Waals surface area contributed by atoms with Gasteiger partial charge in [0.25, 0.3) is 0 Å². The monoisotopic (exact) mass is 338 g/mol. The van der Waals surface area contributed by atoms with Crippen molar-refractivity contribution in [1.29, 1.82) is 0 Å². The minimum atomic E-state index is -3.53. The highest BCUT2D eigenvalue weighted by atomic mass is 79.9. The van der Waals surface area contributed by atoms with E-state index < -0.39 is 10.0 Å². The van der Waals surface area contributed by atoms with Gasteiger partial charge in [-0.05, 0) is 31.2 Å². The zero-order valence-electron chi connectivity index (χ0n) is 8.91. The Morgan fingerprint density at radius 1 is 1.47 bits per heavy atom. The van der Waals surface area contributed by atoms with Crippen LogP contribution in [0.1, 0.15) is 6.42 Å². The molecule has 17 heavy (non-hydrogen) atoms. The topological polar surface area (TPSA) is 58.2 Å². The standard InChI is InChI=1S/C10H12BrClN2O2S/c11-7-1-2-10(9(12)5-7)17(15,16)14-8-3-4-13-6-8/h1-2,5,8,13-14H,3-4,6H2. The quantitative estimate of drug-likeness (QED) is 0.882. The summed E-state index contributed by atoms with van der Waals surface area (Å²) in [6.45, 7) is 1.49. The highest BCUT2D eigenvalue weighted by Crippen LogP contribution is 2.25. The Morgan fingerprint density at radius 3 is 2.82 bits per heavy atom. The molecule has 0 radical (unpaired) electrons. The second-order valence-electron chi connectivity index (χ2n) is 3.89. The number of hydrogen-bond acceptors (Lipinski definition) is 3. The van der Waals surface area contributed by atoms with Crippen molar-refractivity contribution in [3.63, 3.8) is 0 Å². The molecule has 2 rings (SSSR count). The maximum Gasteiger partial charge on any atom is 0.242 e. The van der Waals surface area contributed by atoms with Crippen molar-refractivity contribution in [2.45, 2.75) is 17.4 Å². The number of hydrogen-bond donors (Lipinski definition) is 2. The third-order valence-corrected chi connectivity index (χ3v) is 5.06. The van der Waals surface area contributed by atoms with Crippen LogP contribution >= 0.6 is 27.5 Å². The molecule has 1 unspecified atom stereocenters. The molecule has 1 aromatic carbocycles. The van der Waals surface area contributed by atoms with Crippen LogP contribution in [0.3, 0.4) is 0 Å². The third kappa shape index (κ3) is 3.20. The van der Waals surface area contributed by atoms with Crippen LogP contribution in [0.5, 0.6) is 0 Å². The van der Waals surface area contributed by atoms with Crippen LogP contribution in [0.15, 0.2) is 27.6 Å². The first-order valence-electron chi connectivity index (χ1n) is 5.17. The Kier molecular flexibility index (Phi) is 4.10. The molecule has 0 saturated carbocycles. The lowest BCUT2D eigenvalue weighted by atomic mass is 10.3. The molecule has 4 nitrogen and oxygen atoms in total. The molecule has 0 amide bonds. The van der Waals surface area contributed by atoms with Crippen LogP contribution in [-0.4, -0.2) is 27.5 Å². The maximum absolute atomic E-state index is 12.1. The van der Waals surface area contributed by atoms with Crippen LogP contribution in [0.4, 0.5) is 0 Å². The molecule has 1 aliphatic rings. The van der Waals surface area contributed by atoms with Crippen LogP contribution in [0.25, 0.3) is 0 Å². The summed E-state index contributed by atoms with van der Waals surface area (Å²) < 4.78 is 27.6. The summed E-state index contributed by atoms with van der Waals surface area (Å²) in [6, 6.07) is 4.67. The smallest absolute Gasteiger partial charge is 0.242 e. The van der Waals surface area contributed by atoms with E-state index in [-0.39, 0.29) is 16.0 Å². The van der Waals surface area contributed by atoms with Crippen LogP contribution in [0.2, 0.25) is 5.02 Å². The van der Waals surface area contributed by atoms with E-state index in [2.05, 4.69) is 26.0 Å². The number of rotatable bonds is 3. The SMILES string of the molecule is O=S(=O)(NC1CCNC1)c1ccc(Br)cc1Cl. The summed E-state index contributed by atoms with van der Waals surface area (Å²) in [5.74, 6) is 0. The first kappa shape index (κ1) is 13.3. The Balaban J connectivity index is 2.24. The van der Waals surface area contributed by atoms with E-state index in [4.69, 9.17) is 11.6 Å². The maximum atomic E-state index is 12.1. The molecule has 94 valence electrons. The van der Waals surface area contributed by atoms with Gasteiger partial charge >= 0.3 is 0 Å². The summed E-state index contributed by atoms with van der Waals surface area (Å²) in [5, 5.41) is 3.32. The molecular formula is C10H12BrClN2O2S. The van der Waals surface area contributed by atoms with Gasteiger partial charge in [0.05, 0.1) is 5.02 Å². The second-order valence-corrected chi connectivity index (χ2v) is 6.89. The highest BCUT2D eigenvalue weighted by molar-refractivity contribution is 9.10. The fraction of sp³-hybridized carbons (Fsp3) is 0.400. The molecule has 1 saturated heterocycles. The highest BCUT2D eigenvalue weighted by Gasteiger charge is 2.24. The summed E-state index contributed by atoms with van der Waals surface area (Å²) in [6.07, 6.45) is 0.799. The summed E-state index contributed by atoms with van der Waals surface area (Å²) in [5.41, 5.74) is 0. The normalized spacial score (nSPS) is 20.7. The largest absolute Gasteiger partial charge is 0.315 e. The van der Waals surface area contributed by atoms with Gasteiger partial charge in [-0.3, -0.25) is 0 Å². The van der Waals surface area contributed by atoms with Crippen molar-refractivity contribution in [1.82, 2.24) is 10.0 Å². The number of sulfonamides is 1. The molecule has 1 heterocycles. The van der Waals surface area contributed by atoms with E-state index in [1.807, 2.05) is 0 Å². The zero-order chi connectivity index (χ0) is 12.5. The van der Waals surface area contributed by atoms with Gasteiger partial charge in [-0.1, -0.05) is 27.5 Å². The number of benzene rings is 1. The van der Waals surface area contributed by atoms with Crippen molar-refractivity contribution >= 4 is 37.6 Å². The lowest BCUT2D eigenvalue weighted by Crippen LogP contribution is -2.36. The minimum Gasteiger partial charge on any atom is -0.315 e. The second kappa shape index (κ2) is 5.24. The molecular weight excluding hydrogens is 328 g/mol. The summed E-state index contributed by atoms with van der Waals surface area (Å²) in [4.78, 5) is 0.120. The van der Waals surface area contributed by atoms with Gasteiger partial charge in [-0.25, -0.2) is 13.1 Å². The van der Waals surface area contributed by atoms with Gasteiger partial charge in [0, 0.05) is 17.1 Å². The van der Waals surface area contributed by atoms with E-state index in [0.717, 1.165) is 17.4 Å². The van der Waals surface area contributed by atoms with Gasteiger partial charge in [-0.15, -0.1) is 0 Å². The molecule has 1 atom stereocenters. The minimum absolute atomic E-state index is 0.0558. The van der Waals surface area contributed by atoms with Crippen molar-refractivity contribution in [2.24, 2.45) is 0 Å². The summed E-state index contributed by atoms with van der Waals surface area (Å²) in [7, 11) is -3.53. The van der Waals surface area contributed by atoms with E-state index in [9.17, 15) is 8.42 Å². The van der Waals surface area contributed by atoms with Gasteiger partial charge < -0.3 is 5.32 Å². The van der Waals surface area contributed by atoms with Crippen molar-refractivity contribution in [2.75, 3.05) is 13.1 Å². The van der Waals surface area contributed by atoms with Gasteiger partial charge in [-0.2, -0.15) is 0 Å². The molecule has 0 aromatic heterocycles. The number of nitrogens with one attached hydrogen (secondary N) is 2. The predicted molar refractivity (Wildman–Crippen MR) is 70.7 cm³/mol. The van der Waals surface area contributed by atoms with Crippen LogP contribution in [-0.2, 0) is 10.0 Å². The Bertz CT molecular complexity index is 515. The van der Waals surface area contributed by atoms with Gasteiger partial charge in [0.15, 0.2) is 0 Å². The van der Waals surface area contributed by atoms with Crippen molar-refractivity contribution in [3.8, 4) is 0 Å². The van der Waals surface area contributed by atoms with Crippen molar-refractivity contribution < 1.29 is 8.42 Å². The van der Waals surface area contributed by atoms with Gasteiger partial charge in [0.2, 0.25) is 10.0 Å². The molecule has 1 fully saturated rings. The molecule has 1 aromatic rings. The van der Waals surface area contributed by atoms with E-state index in [1.165, 1.54) is 6.07 Å².